The number of aromatic nitrogens is 2. The Kier molecular flexibility index (Phi) is 6.80. The standard InChI is InChI=1S/C28H28N4O3S/c1-20-8-10-22(11-9-20)30-28(33)25-18-27(21-7-6-14-29-19-21)31-26-13-12-23(17-24(25)26)36(34,35)32-15-4-2-3-5-16-32/h6-14,17-19H,2-5,15-16H2,1H3,(H,30,33). The van der Waals surface area contributed by atoms with E-state index in [2.05, 4.69) is 10.3 Å². The number of sulfonamides is 1. The first kappa shape index (κ1) is 24.1. The number of anilines is 1. The molecule has 4 aromatic rings. The van der Waals surface area contributed by atoms with Crippen LogP contribution in [0.5, 0.6) is 0 Å². The summed E-state index contributed by atoms with van der Waals surface area (Å²) in [5.41, 5.74) is 4.00. The van der Waals surface area contributed by atoms with E-state index in [9.17, 15) is 13.2 Å². The maximum absolute atomic E-state index is 13.5. The van der Waals surface area contributed by atoms with Crippen LogP contribution in [0, 0.1) is 6.92 Å². The van der Waals surface area contributed by atoms with Crippen LogP contribution in [0.25, 0.3) is 22.2 Å². The quantitative estimate of drug-likeness (QED) is 0.395. The second-order valence-corrected chi connectivity index (χ2v) is 11.1. The summed E-state index contributed by atoms with van der Waals surface area (Å²) in [6.07, 6.45) is 7.14. The molecule has 0 aliphatic carbocycles. The third-order valence-corrected chi connectivity index (χ3v) is 8.39. The molecule has 1 aliphatic rings. The number of carbonyl (C=O) groups is 1. The molecule has 1 amide bonds. The summed E-state index contributed by atoms with van der Waals surface area (Å²) < 4.78 is 28.5. The van der Waals surface area contributed by atoms with E-state index in [4.69, 9.17) is 4.98 Å². The second kappa shape index (κ2) is 10.2. The highest BCUT2D eigenvalue weighted by molar-refractivity contribution is 7.89. The van der Waals surface area contributed by atoms with E-state index in [-0.39, 0.29) is 10.8 Å². The lowest BCUT2D eigenvalue weighted by atomic mass is 10.0. The zero-order valence-corrected chi connectivity index (χ0v) is 21.0. The van der Waals surface area contributed by atoms with Gasteiger partial charge in [0.1, 0.15) is 0 Å². The molecule has 1 saturated heterocycles. The summed E-state index contributed by atoms with van der Waals surface area (Å²) in [5.74, 6) is -0.333. The SMILES string of the molecule is Cc1ccc(NC(=O)c2cc(-c3cccnc3)nc3ccc(S(=O)(=O)N4CCCCCC4)cc23)cc1. The number of nitrogens with one attached hydrogen (secondary N) is 1. The molecule has 0 unspecified atom stereocenters. The molecular formula is C28H28N4O3S. The van der Waals surface area contributed by atoms with Gasteiger partial charge in [-0.05, 0) is 68.3 Å². The molecule has 184 valence electrons. The lowest BCUT2D eigenvalue weighted by molar-refractivity contribution is 0.102. The fourth-order valence-corrected chi connectivity index (χ4v) is 6.03. The molecule has 0 spiro atoms. The van der Waals surface area contributed by atoms with E-state index in [1.807, 2.05) is 43.3 Å². The molecule has 8 heteroatoms. The van der Waals surface area contributed by atoms with Gasteiger partial charge in [-0.15, -0.1) is 0 Å². The molecule has 0 bridgehead atoms. The van der Waals surface area contributed by atoms with Gasteiger partial charge >= 0.3 is 0 Å². The summed E-state index contributed by atoms with van der Waals surface area (Å²) in [6.45, 7) is 3.01. The normalized spacial score (nSPS) is 14.9. The topological polar surface area (TPSA) is 92.3 Å². The van der Waals surface area contributed by atoms with Gasteiger partial charge in [0.05, 0.1) is 21.7 Å². The van der Waals surface area contributed by atoms with Crippen LogP contribution in [0.3, 0.4) is 0 Å². The van der Waals surface area contributed by atoms with Crippen molar-refractivity contribution in [2.24, 2.45) is 0 Å². The number of fused-ring (bicyclic) bond motifs is 1. The summed E-state index contributed by atoms with van der Waals surface area (Å²) in [5, 5.41) is 3.43. The van der Waals surface area contributed by atoms with Crippen LogP contribution < -0.4 is 5.32 Å². The van der Waals surface area contributed by atoms with Crippen molar-refractivity contribution in [3.05, 3.63) is 84.2 Å². The van der Waals surface area contributed by atoms with Gasteiger partial charge in [0.25, 0.3) is 5.91 Å². The Balaban J connectivity index is 1.61. The minimum Gasteiger partial charge on any atom is -0.322 e. The molecule has 1 fully saturated rings. The highest BCUT2D eigenvalue weighted by atomic mass is 32.2. The van der Waals surface area contributed by atoms with E-state index < -0.39 is 10.0 Å². The fraction of sp³-hybridized carbons (Fsp3) is 0.250. The molecule has 3 heterocycles. The van der Waals surface area contributed by atoms with Crippen LogP contribution >= 0.6 is 0 Å². The number of hydrogen-bond acceptors (Lipinski definition) is 5. The zero-order chi connectivity index (χ0) is 25.1. The third-order valence-electron chi connectivity index (χ3n) is 6.49. The van der Waals surface area contributed by atoms with Gasteiger partial charge in [0.15, 0.2) is 0 Å². The summed E-state index contributed by atoms with van der Waals surface area (Å²) >= 11 is 0. The van der Waals surface area contributed by atoms with E-state index in [0.717, 1.165) is 36.8 Å². The van der Waals surface area contributed by atoms with Crippen LogP contribution in [0.15, 0.2) is 78.0 Å². The lowest BCUT2D eigenvalue weighted by Gasteiger charge is -2.20. The minimum absolute atomic E-state index is 0.178. The third kappa shape index (κ3) is 5.01. The molecule has 0 radical (unpaired) electrons. The van der Waals surface area contributed by atoms with Crippen molar-refractivity contribution < 1.29 is 13.2 Å². The van der Waals surface area contributed by atoms with Gasteiger partial charge in [-0.25, -0.2) is 13.4 Å². The number of aryl methyl sites for hydroxylation is 1. The van der Waals surface area contributed by atoms with Crippen molar-refractivity contribution >= 4 is 32.5 Å². The Labute approximate surface area is 211 Å². The van der Waals surface area contributed by atoms with Crippen molar-refractivity contribution in [1.82, 2.24) is 14.3 Å². The summed E-state index contributed by atoms with van der Waals surface area (Å²) in [7, 11) is -3.68. The van der Waals surface area contributed by atoms with Crippen LogP contribution in [0.4, 0.5) is 5.69 Å². The van der Waals surface area contributed by atoms with E-state index in [0.29, 0.717) is 40.9 Å². The van der Waals surface area contributed by atoms with Gasteiger partial charge in [0.2, 0.25) is 10.0 Å². The van der Waals surface area contributed by atoms with Crippen molar-refractivity contribution in [1.29, 1.82) is 0 Å². The molecule has 2 aromatic carbocycles. The van der Waals surface area contributed by atoms with E-state index >= 15 is 0 Å². The van der Waals surface area contributed by atoms with Gasteiger partial charge in [-0.1, -0.05) is 30.5 Å². The Morgan fingerprint density at radius 2 is 1.69 bits per heavy atom. The van der Waals surface area contributed by atoms with Crippen molar-refractivity contribution in [2.45, 2.75) is 37.5 Å². The van der Waals surface area contributed by atoms with Gasteiger partial charge in [0, 0.05) is 42.1 Å². The first-order valence-electron chi connectivity index (χ1n) is 12.2. The smallest absolute Gasteiger partial charge is 0.256 e. The van der Waals surface area contributed by atoms with Crippen LogP contribution in [-0.4, -0.2) is 41.7 Å². The van der Waals surface area contributed by atoms with E-state index in [1.165, 1.54) is 0 Å². The number of carbonyl (C=O) groups excluding carboxylic acids is 1. The predicted molar refractivity (Wildman–Crippen MR) is 141 cm³/mol. The summed E-state index contributed by atoms with van der Waals surface area (Å²) in [4.78, 5) is 22.6. The fourth-order valence-electron chi connectivity index (χ4n) is 4.48. The minimum atomic E-state index is -3.68. The number of benzene rings is 2. The zero-order valence-electron chi connectivity index (χ0n) is 20.1. The lowest BCUT2D eigenvalue weighted by Crippen LogP contribution is -2.31. The average molecular weight is 501 g/mol. The predicted octanol–water partition coefficient (Wildman–Crippen LogP) is 5.42. The van der Waals surface area contributed by atoms with Crippen molar-refractivity contribution in [2.75, 3.05) is 18.4 Å². The number of pyridine rings is 2. The highest BCUT2D eigenvalue weighted by Crippen LogP contribution is 2.29. The first-order valence-corrected chi connectivity index (χ1v) is 13.6. The second-order valence-electron chi connectivity index (χ2n) is 9.11. The Hall–Kier alpha value is -3.62. The summed E-state index contributed by atoms with van der Waals surface area (Å²) in [6, 6.07) is 17.8. The van der Waals surface area contributed by atoms with Crippen LogP contribution in [0.2, 0.25) is 0 Å². The highest BCUT2D eigenvalue weighted by Gasteiger charge is 2.26. The molecule has 5 rings (SSSR count). The number of hydrogen-bond donors (Lipinski definition) is 1. The van der Waals surface area contributed by atoms with Gasteiger partial charge < -0.3 is 5.32 Å². The van der Waals surface area contributed by atoms with Gasteiger partial charge in [-0.3, -0.25) is 9.78 Å². The first-order chi connectivity index (χ1) is 17.4. The van der Waals surface area contributed by atoms with E-state index in [1.54, 1.807) is 41.0 Å². The van der Waals surface area contributed by atoms with Crippen molar-refractivity contribution in [3.63, 3.8) is 0 Å². The van der Waals surface area contributed by atoms with Crippen LogP contribution in [-0.2, 0) is 10.0 Å². The molecule has 2 aromatic heterocycles. The molecule has 1 aliphatic heterocycles. The Morgan fingerprint density at radius 3 is 2.39 bits per heavy atom. The monoisotopic (exact) mass is 500 g/mol. The molecular weight excluding hydrogens is 472 g/mol. The Bertz CT molecular complexity index is 1500. The number of amides is 1. The Morgan fingerprint density at radius 1 is 0.944 bits per heavy atom. The molecule has 36 heavy (non-hydrogen) atoms. The largest absolute Gasteiger partial charge is 0.322 e. The number of nitrogens with zero attached hydrogens (tertiary/aromatic N) is 3. The maximum Gasteiger partial charge on any atom is 0.256 e. The number of rotatable bonds is 5. The van der Waals surface area contributed by atoms with Gasteiger partial charge in [-0.2, -0.15) is 4.31 Å². The molecule has 1 N–H and O–H groups in total. The molecule has 7 nitrogen and oxygen atoms in total. The van der Waals surface area contributed by atoms with Crippen molar-refractivity contribution in [3.8, 4) is 11.3 Å². The van der Waals surface area contributed by atoms with Crippen LogP contribution in [0.1, 0.15) is 41.6 Å². The maximum atomic E-state index is 13.5. The molecule has 0 atom stereocenters. The average Bonchev–Trinajstić information content (AvgIpc) is 3.20. The molecule has 0 saturated carbocycles.